The Kier molecular flexibility index (Phi) is 4.03. The van der Waals surface area contributed by atoms with Crippen LogP contribution in [0.2, 0.25) is 0 Å². The standard InChI is InChI=1S/C14H9BrFNO2/c1-18-11-2-3-14(13(15)7-11)19-12-5-9(8-17)4-10(16)6-12/h2-7H,1H3. The van der Waals surface area contributed by atoms with Gasteiger partial charge in [-0.1, -0.05) is 0 Å². The Bertz CT molecular complexity index is 652. The topological polar surface area (TPSA) is 42.2 Å². The number of ether oxygens (including phenoxy) is 2. The third-order valence-electron chi connectivity index (χ3n) is 2.37. The molecule has 0 aliphatic carbocycles. The van der Waals surface area contributed by atoms with E-state index in [1.54, 1.807) is 25.3 Å². The lowest BCUT2D eigenvalue weighted by Crippen LogP contribution is -1.89. The molecule has 0 aliphatic heterocycles. The van der Waals surface area contributed by atoms with E-state index in [0.717, 1.165) is 6.07 Å². The van der Waals surface area contributed by atoms with Gasteiger partial charge in [0.2, 0.25) is 0 Å². The number of rotatable bonds is 3. The average Bonchev–Trinajstić information content (AvgIpc) is 2.40. The van der Waals surface area contributed by atoms with E-state index in [9.17, 15) is 4.39 Å². The molecule has 2 aromatic rings. The molecular weight excluding hydrogens is 313 g/mol. The quantitative estimate of drug-likeness (QED) is 0.848. The van der Waals surface area contributed by atoms with Gasteiger partial charge in [0.25, 0.3) is 0 Å². The van der Waals surface area contributed by atoms with Gasteiger partial charge in [0.15, 0.2) is 0 Å². The van der Waals surface area contributed by atoms with E-state index in [4.69, 9.17) is 14.7 Å². The smallest absolute Gasteiger partial charge is 0.141 e. The van der Waals surface area contributed by atoms with Crippen LogP contribution in [-0.4, -0.2) is 7.11 Å². The predicted molar refractivity (Wildman–Crippen MR) is 71.9 cm³/mol. The highest BCUT2D eigenvalue weighted by Crippen LogP contribution is 2.33. The van der Waals surface area contributed by atoms with Crippen LogP contribution in [0.1, 0.15) is 5.56 Å². The molecule has 0 atom stereocenters. The van der Waals surface area contributed by atoms with Gasteiger partial charge >= 0.3 is 0 Å². The summed E-state index contributed by atoms with van der Waals surface area (Å²) in [4.78, 5) is 0. The van der Waals surface area contributed by atoms with E-state index in [0.29, 0.717) is 16.0 Å². The van der Waals surface area contributed by atoms with Gasteiger partial charge in [-0.15, -0.1) is 0 Å². The van der Waals surface area contributed by atoms with Crippen LogP contribution in [0.3, 0.4) is 0 Å². The Morgan fingerprint density at radius 2 is 1.95 bits per heavy atom. The van der Waals surface area contributed by atoms with Crippen LogP contribution in [-0.2, 0) is 0 Å². The fourth-order valence-electron chi connectivity index (χ4n) is 1.50. The van der Waals surface area contributed by atoms with Crippen LogP contribution < -0.4 is 9.47 Å². The van der Waals surface area contributed by atoms with Gasteiger partial charge in [0, 0.05) is 6.07 Å². The molecule has 96 valence electrons. The maximum Gasteiger partial charge on any atom is 0.141 e. The summed E-state index contributed by atoms with van der Waals surface area (Å²) >= 11 is 3.34. The summed E-state index contributed by atoms with van der Waals surface area (Å²) < 4.78 is 24.6. The van der Waals surface area contributed by atoms with Crippen molar-refractivity contribution in [3.8, 4) is 23.3 Å². The lowest BCUT2D eigenvalue weighted by atomic mass is 10.2. The van der Waals surface area contributed by atoms with Crippen molar-refractivity contribution in [2.24, 2.45) is 0 Å². The molecule has 0 unspecified atom stereocenters. The van der Waals surface area contributed by atoms with E-state index in [-0.39, 0.29) is 11.3 Å². The number of methoxy groups -OCH3 is 1. The first kappa shape index (κ1) is 13.4. The van der Waals surface area contributed by atoms with Crippen molar-refractivity contribution < 1.29 is 13.9 Å². The lowest BCUT2D eigenvalue weighted by molar-refractivity contribution is 0.412. The largest absolute Gasteiger partial charge is 0.497 e. The summed E-state index contributed by atoms with van der Waals surface area (Å²) in [5, 5.41) is 8.78. The molecule has 0 amide bonds. The first-order valence-corrected chi connectivity index (χ1v) is 6.14. The summed E-state index contributed by atoms with van der Waals surface area (Å²) in [6.07, 6.45) is 0. The molecule has 5 heteroatoms. The Morgan fingerprint density at radius 3 is 2.58 bits per heavy atom. The van der Waals surface area contributed by atoms with Gasteiger partial charge in [0.05, 0.1) is 23.2 Å². The first-order chi connectivity index (χ1) is 9.12. The molecule has 0 aromatic heterocycles. The molecular formula is C14H9BrFNO2. The summed E-state index contributed by atoms with van der Waals surface area (Å²) in [5.41, 5.74) is 0.208. The highest BCUT2D eigenvalue weighted by atomic mass is 79.9. The van der Waals surface area contributed by atoms with Crippen molar-refractivity contribution in [3.63, 3.8) is 0 Å². The molecule has 19 heavy (non-hydrogen) atoms. The summed E-state index contributed by atoms with van der Waals surface area (Å²) in [7, 11) is 1.56. The molecule has 2 rings (SSSR count). The van der Waals surface area contributed by atoms with Gasteiger partial charge < -0.3 is 9.47 Å². The minimum Gasteiger partial charge on any atom is -0.497 e. The number of halogens is 2. The van der Waals surface area contributed by atoms with Crippen LogP contribution in [0.25, 0.3) is 0 Å². The molecule has 0 radical (unpaired) electrons. The molecule has 0 aliphatic rings. The summed E-state index contributed by atoms with van der Waals surface area (Å²) in [6, 6.07) is 10.9. The second-order valence-corrected chi connectivity index (χ2v) is 4.54. The molecule has 0 fully saturated rings. The van der Waals surface area contributed by atoms with Crippen molar-refractivity contribution >= 4 is 15.9 Å². The van der Waals surface area contributed by atoms with E-state index in [1.807, 2.05) is 6.07 Å². The molecule has 0 spiro atoms. The molecule has 0 saturated heterocycles. The molecule has 3 nitrogen and oxygen atoms in total. The second kappa shape index (κ2) is 5.72. The van der Waals surface area contributed by atoms with Gasteiger partial charge in [-0.3, -0.25) is 0 Å². The lowest BCUT2D eigenvalue weighted by Gasteiger charge is -2.09. The van der Waals surface area contributed by atoms with E-state index < -0.39 is 5.82 Å². The fourth-order valence-corrected chi connectivity index (χ4v) is 1.94. The third-order valence-corrected chi connectivity index (χ3v) is 2.99. The number of hydrogen-bond donors (Lipinski definition) is 0. The maximum atomic E-state index is 13.3. The predicted octanol–water partition coefficient (Wildman–Crippen LogP) is 4.26. The van der Waals surface area contributed by atoms with Crippen LogP contribution >= 0.6 is 15.9 Å². The molecule has 0 bridgehead atoms. The van der Waals surface area contributed by atoms with E-state index >= 15 is 0 Å². The van der Waals surface area contributed by atoms with Gasteiger partial charge in [0.1, 0.15) is 23.1 Å². The Labute approximate surface area is 118 Å². The van der Waals surface area contributed by atoms with Crippen LogP contribution in [0, 0.1) is 17.1 Å². The Hall–Kier alpha value is -2.06. The molecule has 2 aromatic carbocycles. The number of nitriles is 1. The maximum absolute atomic E-state index is 13.3. The minimum atomic E-state index is -0.515. The highest BCUT2D eigenvalue weighted by Gasteiger charge is 2.07. The molecule has 0 N–H and O–H groups in total. The number of hydrogen-bond acceptors (Lipinski definition) is 3. The number of benzene rings is 2. The fraction of sp³-hybridized carbons (Fsp3) is 0.0714. The zero-order chi connectivity index (χ0) is 13.8. The SMILES string of the molecule is COc1ccc(Oc2cc(F)cc(C#N)c2)c(Br)c1. The van der Waals surface area contributed by atoms with Crippen molar-refractivity contribution in [3.05, 3.63) is 52.3 Å². The van der Waals surface area contributed by atoms with Crippen LogP contribution in [0.4, 0.5) is 4.39 Å². The first-order valence-electron chi connectivity index (χ1n) is 5.34. The van der Waals surface area contributed by atoms with Crippen LogP contribution in [0.5, 0.6) is 17.2 Å². The third kappa shape index (κ3) is 3.24. The number of nitrogens with zero attached hydrogens (tertiary/aromatic N) is 1. The molecule has 0 heterocycles. The second-order valence-electron chi connectivity index (χ2n) is 3.69. The minimum absolute atomic E-state index is 0.208. The Balaban J connectivity index is 2.31. The van der Waals surface area contributed by atoms with Gasteiger partial charge in [-0.2, -0.15) is 5.26 Å². The zero-order valence-electron chi connectivity index (χ0n) is 9.98. The average molecular weight is 322 g/mol. The van der Waals surface area contributed by atoms with Crippen LogP contribution in [0.15, 0.2) is 40.9 Å². The highest BCUT2D eigenvalue weighted by molar-refractivity contribution is 9.10. The molecule has 0 saturated carbocycles. The summed E-state index contributed by atoms with van der Waals surface area (Å²) in [5.74, 6) is 0.938. The van der Waals surface area contributed by atoms with Gasteiger partial charge in [-0.25, -0.2) is 4.39 Å². The van der Waals surface area contributed by atoms with Crippen molar-refractivity contribution in [1.29, 1.82) is 5.26 Å². The monoisotopic (exact) mass is 321 g/mol. The zero-order valence-corrected chi connectivity index (χ0v) is 11.6. The van der Waals surface area contributed by atoms with E-state index in [1.165, 1.54) is 12.1 Å². The van der Waals surface area contributed by atoms with Gasteiger partial charge in [-0.05, 0) is 46.3 Å². The normalized spacial score (nSPS) is 9.79. The van der Waals surface area contributed by atoms with Crippen molar-refractivity contribution in [2.45, 2.75) is 0 Å². The van der Waals surface area contributed by atoms with Crippen molar-refractivity contribution in [1.82, 2.24) is 0 Å². The Morgan fingerprint density at radius 1 is 1.16 bits per heavy atom. The van der Waals surface area contributed by atoms with Crippen molar-refractivity contribution in [2.75, 3.05) is 7.11 Å². The summed E-state index contributed by atoms with van der Waals surface area (Å²) in [6.45, 7) is 0. The van der Waals surface area contributed by atoms with E-state index in [2.05, 4.69) is 15.9 Å².